The molecule has 0 spiro atoms. The van der Waals surface area contributed by atoms with Gasteiger partial charge < -0.3 is 37.7 Å². The molecule has 20 heteroatoms. The second-order valence-electron chi connectivity index (χ2n) is 19.4. The van der Waals surface area contributed by atoms with E-state index in [4.69, 9.17) is 37.7 Å². The van der Waals surface area contributed by atoms with Crippen molar-refractivity contribution in [2.75, 3.05) is 13.7 Å². The van der Waals surface area contributed by atoms with Crippen molar-refractivity contribution >= 4 is 65.6 Å². The summed E-state index contributed by atoms with van der Waals surface area (Å²) in [6, 6.07) is 3.34. The average Bonchev–Trinajstić information content (AvgIpc) is 3.72. The number of aliphatic imine (C=N–C) groups is 1. The number of benzene rings is 1. The summed E-state index contributed by atoms with van der Waals surface area (Å²) < 4.78 is 47.7. The van der Waals surface area contributed by atoms with Gasteiger partial charge in [-0.05, 0) is 124 Å². The number of rotatable bonds is 12. The van der Waals surface area contributed by atoms with Crippen LogP contribution >= 0.6 is 23.1 Å². The predicted molar refractivity (Wildman–Crippen MR) is 234 cm³/mol. The van der Waals surface area contributed by atoms with Crippen molar-refractivity contribution in [3.8, 4) is 11.5 Å². The molecule has 1 saturated heterocycles. The van der Waals surface area contributed by atoms with Crippen LogP contribution in [0.2, 0.25) is 0 Å². The van der Waals surface area contributed by atoms with Crippen LogP contribution in [-0.4, -0.2) is 95.0 Å². The normalized spacial score (nSPS) is 22.0. The molecular weight excluding hydrogens is 841 g/mol. The van der Waals surface area contributed by atoms with Crippen LogP contribution in [0.25, 0.3) is 0 Å². The van der Waals surface area contributed by atoms with E-state index < -0.39 is 59.0 Å². The van der Waals surface area contributed by atoms with E-state index in [-0.39, 0.29) is 58.6 Å². The van der Waals surface area contributed by atoms with Crippen molar-refractivity contribution in [1.29, 1.82) is 0 Å². The predicted octanol–water partition coefficient (Wildman–Crippen LogP) is 8.83. The van der Waals surface area contributed by atoms with Gasteiger partial charge in [0.2, 0.25) is 11.1 Å². The second kappa shape index (κ2) is 18.9. The summed E-state index contributed by atoms with van der Waals surface area (Å²) in [5.74, 6) is -0.187. The van der Waals surface area contributed by atoms with Crippen molar-refractivity contribution in [2.24, 2.45) is 22.2 Å². The van der Waals surface area contributed by atoms with Crippen molar-refractivity contribution < 1.29 is 56.9 Å². The van der Waals surface area contributed by atoms with Crippen molar-refractivity contribution in [3.63, 3.8) is 0 Å². The fraction of sp³-hybridized carbons (Fsp3) is 0.690. The number of nitrogens with one attached hydrogen (secondary N) is 2. The summed E-state index contributed by atoms with van der Waals surface area (Å²) in [6.07, 6.45) is 0.529. The Balaban J connectivity index is 1.54. The quantitative estimate of drug-likeness (QED) is 0.0298. The molecular formula is C42H62BN5O12S2. The van der Waals surface area contributed by atoms with Crippen LogP contribution in [0.1, 0.15) is 132 Å². The number of carbonyl (C=O) groups excluding carboxylic acids is 4. The van der Waals surface area contributed by atoms with Crippen molar-refractivity contribution in [1.82, 2.24) is 20.8 Å². The lowest BCUT2D eigenvalue weighted by atomic mass is 9.43. The first kappa shape index (κ1) is 48.9. The molecule has 1 aliphatic heterocycles. The third-order valence-electron chi connectivity index (χ3n) is 10.7. The van der Waals surface area contributed by atoms with Crippen LogP contribution in [0.4, 0.5) is 19.5 Å². The van der Waals surface area contributed by atoms with Crippen LogP contribution in [-0.2, 0) is 34.7 Å². The fourth-order valence-electron chi connectivity index (χ4n) is 7.86. The van der Waals surface area contributed by atoms with Gasteiger partial charge in [-0.2, -0.15) is 4.99 Å². The molecule has 3 saturated carbocycles. The number of thioether (sulfide) groups is 1. The number of aromatic nitrogens is 2. The molecule has 62 heavy (non-hydrogen) atoms. The summed E-state index contributed by atoms with van der Waals surface area (Å²) in [6.45, 7) is 24.1. The summed E-state index contributed by atoms with van der Waals surface area (Å²) >= 11 is 2.37. The van der Waals surface area contributed by atoms with Gasteiger partial charge in [0.15, 0.2) is 10.1 Å². The van der Waals surface area contributed by atoms with Crippen LogP contribution in [0.3, 0.4) is 0 Å². The number of amides is 2. The number of nitrogens with zero attached hydrogens (tertiary/aromatic N) is 3. The summed E-state index contributed by atoms with van der Waals surface area (Å²) in [5, 5.41) is 13.1. The zero-order valence-electron chi connectivity index (χ0n) is 38.3. The molecule has 5 atom stereocenters. The maximum absolute atomic E-state index is 13.8. The molecule has 0 radical (unpaired) electrons. The number of ether oxygens (including phenoxy) is 6. The Labute approximate surface area is 372 Å². The molecule has 1 aromatic heterocycles. The fourth-order valence-corrected chi connectivity index (χ4v) is 9.94. The molecule has 2 bridgehead atoms. The summed E-state index contributed by atoms with van der Waals surface area (Å²) in [4.78, 5) is 57.1. The van der Waals surface area contributed by atoms with E-state index in [9.17, 15) is 19.2 Å². The molecule has 4 fully saturated rings. The molecule has 342 valence electrons. The number of hydrogen-bond donors (Lipinski definition) is 2. The molecule has 2 amide bonds. The number of hydrogen-bond acceptors (Lipinski definition) is 17. The topological polar surface area (TPSA) is 204 Å². The maximum atomic E-state index is 13.8. The Kier molecular flexibility index (Phi) is 14.9. The monoisotopic (exact) mass is 903 g/mol. The number of guanidine groups is 1. The lowest BCUT2D eigenvalue weighted by Crippen LogP contribution is -2.65. The standard InChI is InChI=1S/C42H62BN5O12S2/c1-15-16-19-54-31(49)29-25(53-14)18-17-23(30(29)55-37(52)58-40(8,9)10)20-28(43-59-27-22-24-21-26(41(24,11)12)42(27,13)60-43)61-36-48-47-33(62-36)44-32(45-34(50)56-38(2,3)4)46-35(51)57-39(5,6)7/h17-18,24,26-28H,15-16,19-22H2,1-14H3,(H2,44,45,46,47,50,51)/t24?,26?,27?,28-,42-/m0/s1. The minimum atomic E-state index is -1.02. The van der Waals surface area contributed by atoms with Gasteiger partial charge in [0.25, 0.3) is 0 Å². The van der Waals surface area contributed by atoms with Gasteiger partial charge in [0.05, 0.1) is 30.6 Å². The highest BCUT2D eigenvalue weighted by Crippen LogP contribution is 2.66. The summed E-state index contributed by atoms with van der Waals surface area (Å²) in [7, 11) is 0.631. The van der Waals surface area contributed by atoms with Crippen molar-refractivity contribution in [3.05, 3.63) is 23.3 Å². The minimum Gasteiger partial charge on any atom is -0.496 e. The Morgan fingerprint density at radius 1 is 0.952 bits per heavy atom. The molecule has 2 aromatic rings. The third-order valence-corrected chi connectivity index (χ3v) is 12.8. The van der Waals surface area contributed by atoms with Gasteiger partial charge >= 0.3 is 31.4 Å². The van der Waals surface area contributed by atoms with Crippen molar-refractivity contribution in [2.45, 2.75) is 160 Å². The smallest absolute Gasteiger partial charge is 0.496 e. The van der Waals surface area contributed by atoms with Gasteiger partial charge in [0, 0.05) is 0 Å². The van der Waals surface area contributed by atoms with E-state index in [0.29, 0.717) is 22.2 Å². The highest BCUT2D eigenvalue weighted by Gasteiger charge is 2.68. The SMILES string of the molecule is CCCCOC(=O)c1c(OC)ccc(C[C@H](Sc2nnc(N=C(NC(=O)OC(C)(C)C)NC(=O)OC(C)(C)C)s2)B2OC3CC4CC(C4(C)C)[C@]3(C)O2)c1OC(=O)OC(C)(C)C. The molecule has 17 nitrogen and oxygen atoms in total. The average molecular weight is 904 g/mol. The highest BCUT2D eigenvalue weighted by molar-refractivity contribution is 8.02. The van der Waals surface area contributed by atoms with Gasteiger partial charge in [0.1, 0.15) is 28.1 Å². The first-order valence-electron chi connectivity index (χ1n) is 20.9. The zero-order valence-corrected chi connectivity index (χ0v) is 40.0. The maximum Gasteiger partial charge on any atom is 0.514 e. The molecule has 1 aromatic carbocycles. The van der Waals surface area contributed by atoms with Crippen LogP contribution in [0.15, 0.2) is 21.5 Å². The van der Waals surface area contributed by atoms with Crippen LogP contribution in [0, 0.1) is 17.3 Å². The summed E-state index contributed by atoms with van der Waals surface area (Å²) in [5.41, 5.74) is -2.69. The van der Waals surface area contributed by atoms with E-state index in [1.165, 1.54) is 18.9 Å². The molecule has 4 aliphatic rings. The number of methoxy groups -OCH3 is 1. The largest absolute Gasteiger partial charge is 0.514 e. The van der Waals surface area contributed by atoms with Gasteiger partial charge in [-0.1, -0.05) is 56.4 Å². The number of alkyl carbamates (subject to hydrolysis) is 2. The molecule has 6 rings (SSSR count). The second-order valence-corrected chi connectivity index (χ2v) is 21.9. The van der Waals surface area contributed by atoms with E-state index in [2.05, 4.69) is 46.6 Å². The number of carbonyl (C=O) groups is 4. The zero-order chi connectivity index (χ0) is 46.0. The Morgan fingerprint density at radius 2 is 1.58 bits per heavy atom. The highest BCUT2D eigenvalue weighted by atomic mass is 32.2. The molecule has 3 unspecified atom stereocenters. The first-order valence-corrected chi connectivity index (χ1v) is 22.6. The third kappa shape index (κ3) is 12.3. The molecule has 2 heterocycles. The van der Waals surface area contributed by atoms with Gasteiger partial charge in [-0.3, -0.25) is 10.6 Å². The van der Waals surface area contributed by atoms with Crippen LogP contribution in [0.5, 0.6) is 11.5 Å². The minimum absolute atomic E-state index is 0.0674. The Bertz CT molecular complexity index is 1980. The lowest BCUT2D eigenvalue weighted by Gasteiger charge is -2.64. The van der Waals surface area contributed by atoms with Gasteiger partial charge in [-0.25, -0.2) is 19.2 Å². The van der Waals surface area contributed by atoms with E-state index >= 15 is 0 Å². The Morgan fingerprint density at radius 3 is 2.15 bits per heavy atom. The van der Waals surface area contributed by atoms with E-state index in [1.807, 2.05) is 6.92 Å². The molecule has 3 aliphatic carbocycles. The first-order chi connectivity index (χ1) is 28.7. The Hall–Kier alpha value is -4.14. The number of esters is 1. The number of unbranched alkanes of at least 4 members (excludes halogenated alkanes) is 1. The lowest BCUT2D eigenvalue weighted by molar-refractivity contribution is -0.199. The van der Waals surface area contributed by atoms with Crippen LogP contribution < -0.4 is 20.1 Å². The van der Waals surface area contributed by atoms with Gasteiger partial charge in [-0.15, -0.1) is 10.2 Å². The van der Waals surface area contributed by atoms with E-state index in [1.54, 1.807) is 74.4 Å². The van der Waals surface area contributed by atoms with E-state index in [0.717, 1.165) is 30.6 Å². The molecule has 2 N–H and O–H groups in total.